The Labute approximate surface area is 173 Å². The number of carbonyl (C=O) groups is 1. The van der Waals surface area contributed by atoms with Crippen LogP contribution in [0.4, 0.5) is 5.82 Å². The molecule has 1 N–H and O–H groups in total. The monoisotopic (exact) mass is 415 g/mol. The minimum Gasteiger partial charge on any atom is -0.385 e. The van der Waals surface area contributed by atoms with Crippen molar-refractivity contribution in [2.45, 2.75) is 38.0 Å². The van der Waals surface area contributed by atoms with Crippen LogP contribution in [0.3, 0.4) is 0 Å². The largest absolute Gasteiger partial charge is 0.385 e. The van der Waals surface area contributed by atoms with Crippen LogP contribution in [0.25, 0.3) is 10.9 Å². The number of thioether (sulfide) groups is 1. The summed E-state index contributed by atoms with van der Waals surface area (Å²) in [6.07, 6.45) is 2.34. The number of ether oxygens (including phenoxy) is 1. The summed E-state index contributed by atoms with van der Waals surface area (Å²) in [6.45, 7) is 5.02. The molecule has 0 saturated carbocycles. The predicted octanol–water partition coefficient (Wildman–Crippen LogP) is 2.94. The van der Waals surface area contributed by atoms with E-state index in [9.17, 15) is 9.59 Å². The zero-order valence-electron chi connectivity index (χ0n) is 16.8. The molecule has 3 rings (SSSR count). The summed E-state index contributed by atoms with van der Waals surface area (Å²) in [5.74, 6) is 0.607. The summed E-state index contributed by atoms with van der Waals surface area (Å²) in [7, 11) is 1.63. The molecular formula is C20H25N5O3S. The van der Waals surface area contributed by atoms with Crippen LogP contribution in [-0.2, 0) is 16.1 Å². The molecule has 0 atom stereocenters. The van der Waals surface area contributed by atoms with Crippen LogP contribution in [-0.4, -0.2) is 44.7 Å². The number of para-hydroxylation sites is 1. The molecule has 0 aliphatic rings. The first-order valence-corrected chi connectivity index (χ1v) is 10.4. The fourth-order valence-electron chi connectivity index (χ4n) is 2.96. The third-order valence-corrected chi connectivity index (χ3v) is 5.29. The fraction of sp³-hybridized carbons (Fsp3) is 0.400. The van der Waals surface area contributed by atoms with Gasteiger partial charge in [-0.05, 0) is 32.4 Å². The van der Waals surface area contributed by atoms with Gasteiger partial charge in [-0.3, -0.25) is 14.2 Å². The summed E-state index contributed by atoms with van der Waals surface area (Å²) in [5.41, 5.74) is 0.522. The Morgan fingerprint density at radius 2 is 2.07 bits per heavy atom. The normalized spacial score (nSPS) is 11.3. The first-order chi connectivity index (χ1) is 14.0. The van der Waals surface area contributed by atoms with Gasteiger partial charge in [0.25, 0.3) is 5.56 Å². The second-order valence-corrected chi connectivity index (χ2v) is 7.75. The molecule has 2 heterocycles. The lowest BCUT2D eigenvalue weighted by molar-refractivity contribution is -0.113. The first-order valence-electron chi connectivity index (χ1n) is 9.46. The number of amides is 1. The lowest BCUT2D eigenvalue weighted by Gasteiger charge is -2.14. The van der Waals surface area contributed by atoms with Crippen molar-refractivity contribution in [3.63, 3.8) is 0 Å². The highest BCUT2D eigenvalue weighted by molar-refractivity contribution is 7.99. The molecule has 29 heavy (non-hydrogen) atoms. The minimum absolute atomic E-state index is 0.104. The SMILES string of the molecule is COCCCn1c(SCC(=O)Nc2ccnn2C(C)C)nc2ccccc2c1=O. The van der Waals surface area contributed by atoms with Gasteiger partial charge in [-0.25, -0.2) is 9.67 Å². The number of nitrogens with zero attached hydrogens (tertiary/aromatic N) is 4. The molecule has 1 amide bonds. The van der Waals surface area contributed by atoms with Gasteiger partial charge >= 0.3 is 0 Å². The molecule has 0 bridgehead atoms. The van der Waals surface area contributed by atoms with E-state index < -0.39 is 0 Å². The van der Waals surface area contributed by atoms with Crippen molar-refractivity contribution in [2.24, 2.45) is 0 Å². The Bertz CT molecular complexity index is 1040. The highest BCUT2D eigenvalue weighted by Crippen LogP contribution is 2.19. The van der Waals surface area contributed by atoms with Crippen molar-refractivity contribution in [1.82, 2.24) is 19.3 Å². The Morgan fingerprint density at radius 1 is 1.28 bits per heavy atom. The number of benzene rings is 1. The van der Waals surface area contributed by atoms with Crippen molar-refractivity contribution in [2.75, 3.05) is 24.8 Å². The molecular weight excluding hydrogens is 390 g/mol. The molecule has 0 aliphatic carbocycles. The maximum atomic E-state index is 12.9. The van der Waals surface area contributed by atoms with E-state index in [0.29, 0.717) is 41.4 Å². The van der Waals surface area contributed by atoms with E-state index in [1.54, 1.807) is 34.7 Å². The maximum Gasteiger partial charge on any atom is 0.262 e. The van der Waals surface area contributed by atoms with Crippen molar-refractivity contribution < 1.29 is 9.53 Å². The van der Waals surface area contributed by atoms with E-state index in [4.69, 9.17) is 4.74 Å². The number of hydrogen-bond donors (Lipinski definition) is 1. The fourth-order valence-corrected chi connectivity index (χ4v) is 3.78. The number of anilines is 1. The van der Waals surface area contributed by atoms with Crippen LogP contribution in [0.1, 0.15) is 26.3 Å². The molecule has 0 saturated heterocycles. The molecule has 0 aliphatic heterocycles. The van der Waals surface area contributed by atoms with Gasteiger partial charge in [0.1, 0.15) is 5.82 Å². The summed E-state index contributed by atoms with van der Waals surface area (Å²) < 4.78 is 8.47. The van der Waals surface area contributed by atoms with Crippen LogP contribution in [0.15, 0.2) is 46.5 Å². The van der Waals surface area contributed by atoms with E-state index >= 15 is 0 Å². The van der Waals surface area contributed by atoms with Gasteiger partial charge in [0.05, 0.1) is 22.9 Å². The number of fused-ring (bicyclic) bond motifs is 1. The van der Waals surface area contributed by atoms with Gasteiger partial charge in [0.15, 0.2) is 5.16 Å². The van der Waals surface area contributed by atoms with Crippen LogP contribution in [0.5, 0.6) is 0 Å². The van der Waals surface area contributed by atoms with Crippen molar-refractivity contribution in [1.29, 1.82) is 0 Å². The van der Waals surface area contributed by atoms with E-state index in [0.717, 1.165) is 0 Å². The summed E-state index contributed by atoms with van der Waals surface area (Å²) in [6, 6.07) is 9.15. The molecule has 8 nitrogen and oxygen atoms in total. The number of nitrogens with one attached hydrogen (secondary N) is 1. The smallest absolute Gasteiger partial charge is 0.262 e. The van der Waals surface area contributed by atoms with Gasteiger partial charge in [0.2, 0.25) is 5.91 Å². The number of hydrogen-bond acceptors (Lipinski definition) is 6. The maximum absolute atomic E-state index is 12.9. The third kappa shape index (κ3) is 5.04. The van der Waals surface area contributed by atoms with Gasteiger partial charge in [0, 0.05) is 32.4 Å². The van der Waals surface area contributed by atoms with Crippen LogP contribution in [0.2, 0.25) is 0 Å². The van der Waals surface area contributed by atoms with Gasteiger partial charge < -0.3 is 10.1 Å². The van der Waals surface area contributed by atoms with Gasteiger partial charge in [-0.15, -0.1) is 0 Å². The number of aromatic nitrogens is 4. The average Bonchev–Trinajstić information content (AvgIpc) is 3.17. The van der Waals surface area contributed by atoms with E-state index in [1.165, 1.54) is 11.8 Å². The summed E-state index contributed by atoms with van der Waals surface area (Å²) >= 11 is 1.25. The van der Waals surface area contributed by atoms with E-state index in [-0.39, 0.29) is 23.3 Å². The number of rotatable bonds is 9. The molecule has 0 spiro atoms. The molecule has 9 heteroatoms. The van der Waals surface area contributed by atoms with Gasteiger partial charge in [-0.2, -0.15) is 5.10 Å². The second-order valence-electron chi connectivity index (χ2n) is 6.81. The Morgan fingerprint density at radius 3 is 2.83 bits per heavy atom. The lowest BCUT2D eigenvalue weighted by Crippen LogP contribution is -2.25. The molecule has 0 radical (unpaired) electrons. The average molecular weight is 416 g/mol. The Balaban J connectivity index is 1.79. The van der Waals surface area contributed by atoms with E-state index in [1.807, 2.05) is 32.0 Å². The van der Waals surface area contributed by atoms with Crippen molar-refractivity contribution in [3.05, 3.63) is 46.9 Å². The zero-order chi connectivity index (χ0) is 20.8. The lowest BCUT2D eigenvalue weighted by atomic mass is 10.2. The topological polar surface area (TPSA) is 91.0 Å². The zero-order valence-corrected chi connectivity index (χ0v) is 17.6. The standard InChI is InChI=1S/C20H25N5O3S/c1-14(2)25-17(9-10-21-25)23-18(26)13-29-20-22-16-8-5-4-7-15(16)19(27)24(20)11-6-12-28-3/h4-5,7-10,14H,6,11-13H2,1-3H3,(H,23,26). The molecule has 3 aromatic rings. The number of carbonyl (C=O) groups excluding carboxylic acids is 1. The quantitative estimate of drug-likeness (QED) is 0.328. The Hall–Kier alpha value is -2.65. The van der Waals surface area contributed by atoms with Crippen LogP contribution < -0.4 is 10.9 Å². The summed E-state index contributed by atoms with van der Waals surface area (Å²) in [5, 5.41) is 8.18. The second kappa shape index (κ2) is 9.71. The van der Waals surface area contributed by atoms with Crippen molar-refractivity contribution in [3.8, 4) is 0 Å². The molecule has 0 unspecified atom stereocenters. The molecule has 1 aromatic carbocycles. The van der Waals surface area contributed by atoms with Crippen LogP contribution >= 0.6 is 11.8 Å². The molecule has 2 aromatic heterocycles. The molecule has 154 valence electrons. The first kappa shape index (κ1) is 21.1. The predicted molar refractivity (Wildman–Crippen MR) is 114 cm³/mol. The minimum atomic E-state index is -0.178. The van der Waals surface area contributed by atoms with E-state index in [2.05, 4.69) is 15.4 Å². The van der Waals surface area contributed by atoms with Crippen LogP contribution in [0, 0.1) is 0 Å². The summed E-state index contributed by atoms with van der Waals surface area (Å²) in [4.78, 5) is 30.0. The van der Waals surface area contributed by atoms with Crippen molar-refractivity contribution >= 4 is 34.4 Å². The highest BCUT2D eigenvalue weighted by atomic mass is 32.2. The third-order valence-electron chi connectivity index (χ3n) is 4.32. The Kier molecular flexibility index (Phi) is 7.05. The van der Waals surface area contributed by atoms with Gasteiger partial charge in [-0.1, -0.05) is 23.9 Å². The number of methoxy groups -OCH3 is 1. The highest BCUT2D eigenvalue weighted by Gasteiger charge is 2.14. The molecule has 0 fully saturated rings.